The van der Waals surface area contributed by atoms with Crippen molar-refractivity contribution >= 4 is 39.8 Å². The van der Waals surface area contributed by atoms with Gasteiger partial charge in [-0.1, -0.05) is 0 Å². The van der Waals surface area contributed by atoms with Gasteiger partial charge in [0.1, 0.15) is 0 Å². The van der Waals surface area contributed by atoms with E-state index in [9.17, 15) is 16.8 Å². The summed E-state index contributed by atoms with van der Waals surface area (Å²) in [6, 6.07) is 0. The molecule has 0 unspecified atom stereocenters. The maximum absolute atomic E-state index is 10.1. The Labute approximate surface area is 66.6 Å². The van der Waals surface area contributed by atoms with Gasteiger partial charge in [0, 0.05) is 21.4 Å². The van der Waals surface area contributed by atoms with E-state index >= 15 is 0 Å². The van der Waals surface area contributed by atoms with Gasteiger partial charge in [0.25, 0.3) is 0 Å². The molecule has 0 aliphatic heterocycles. The predicted molar refractivity (Wildman–Crippen MR) is 35.6 cm³/mol. The minimum Gasteiger partial charge on any atom is -0.238 e. The van der Waals surface area contributed by atoms with E-state index in [0.29, 0.717) is 0 Å². The number of hydrogen-bond donors (Lipinski definition) is 1. The highest BCUT2D eigenvalue weighted by atomic mass is 35.7. The number of nitrogens with two attached hydrogens (primary N) is 1. The fourth-order valence-corrected chi connectivity index (χ4v) is 2.55. The molecular formula is H2Cl2N2O4S2. The smallest absolute Gasteiger partial charge is 0.238 e. The summed E-state index contributed by atoms with van der Waals surface area (Å²) in [4.78, 5) is 0. The zero-order chi connectivity index (χ0) is 8.58. The van der Waals surface area contributed by atoms with Crippen molar-refractivity contribution in [3.63, 3.8) is 0 Å². The second kappa shape index (κ2) is 2.80. The van der Waals surface area contributed by atoms with Crippen molar-refractivity contribution < 1.29 is 16.8 Å². The topological polar surface area (TPSA) is 97.5 Å². The van der Waals surface area contributed by atoms with E-state index in [-0.39, 0.29) is 0 Å². The van der Waals surface area contributed by atoms with Crippen LogP contribution in [0.5, 0.6) is 0 Å². The van der Waals surface area contributed by atoms with Crippen LogP contribution < -0.4 is 5.84 Å². The fourth-order valence-electron chi connectivity index (χ4n) is 0.106. The van der Waals surface area contributed by atoms with E-state index in [2.05, 4.69) is 27.2 Å². The van der Waals surface area contributed by atoms with Gasteiger partial charge in [0.2, 0.25) is 0 Å². The molecule has 10 heavy (non-hydrogen) atoms. The summed E-state index contributed by atoms with van der Waals surface area (Å²) in [6.45, 7) is 0. The van der Waals surface area contributed by atoms with E-state index in [1.54, 1.807) is 0 Å². The number of nitrogens with zero attached hydrogens (tertiary/aromatic N) is 1. The van der Waals surface area contributed by atoms with Gasteiger partial charge in [-0.15, -0.1) is 0 Å². The SMILES string of the molecule is NN(S(=O)(=O)Cl)S(=O)(=O)Cl. The molecule has 0 radical (unpaired) electrons. The van der Waals surface area contributed by atoms with Crippen LogP contribution >= 0.6 is 21.4 Å². The molecular weight excluding hydrogens is 227 g/mol. The molecule has 0 aromatic rings. The van der Waals surface area contributed by atoms with Gasteiger partial charge >= 0.3 is 18.5 Å². The summed E-state index contributed by atoms with van der Waals surface area (Å²) in [6.07, 6.45) is 0. The quantitative estimate of drug-likeness (QED) is 0.377. The standard InChI is InChI=1S/Cl2H2N2O4S2/c1-9(5,6)4(3)10(2,7)8/h3H2. The summed E-state index contributed by atoms with van der Waals surface area (Å²) in [5, 5.41) is 0. The lowest BCUT2D eigenvalue weighted by Crippen LogP contribution is -2.36. The van der Waals surface area contributed by atoms with Crippen LogP contribution in [-0.2, 0) is 18.5 Å². The Balaban J connectivity index is 4.94. The molecule has 62 valence electrons. The largest absolute Gasteiger partial charge is 0.327 e. The number of hydrazine groups is 1. The Morgan fingerprint density at radius 1 is 1.00 bits per heavy atom. The highest BCUT2D eigenvalue weighted by Crippen LogP contribution is 2.09. The Hall–Kier alpha value is 0.400. The molecule has 0 bridgehead atoms. The normalized spacial score (nSPS) is 14.0. The van der Waals surface area contributed by atoms with Crippen LogP contribution in [-0.4, -0.2) is 20.7 Å². The first-order chi connectivity index (χ1) is 4.15. The first-order valence-corrected chi connectivity index (χ1v) is 6.13. The highest BCUT2D eigenvalue weighted by Gasteiger charge is 2.26. The van der Waals surface area contributed by atoms with Crippen molar-refractivity contribution in [1.82, 2.24) is 3.82 Å². The van der Waals surface area contributed by atoms with Crippen molar-refractivity contribution in [3.8, 4) is 0 Å². The average molecular weight is 229 g/mol. The van der Waals surface area contributed by atoms with Crippen LogP contribution in [0.3, 0.4) is 0 Å². The Bertz CT molecular complexity index is 268. The molecule has 6 nitrogen and oxygen atoms in total. The molecule has 0 atom stereocenters. The minimum atomic E-state index is -4.50. The Kier molecular flexibility index (Phi) is 2.91. The van der Waals surface area contributed by atoms with Crippen LogP contribution in [0.4, 0.5) is 0 Å². The maximum atomic E-state index is 10.1. The molecule has 0 heterocycles. The van der Waals surface area contributed by atoms with Crippen LogP contribution in [0.15, 0.2) is 0 Å². The first-order valence-electron chi connectivity index (χ1n) is 1.60. The van der Waals surface area contributed by atoms with Gasteiger partial charge < -0.3 is 0 Å². The van der Waals surface area contributed by atoms with E-state index in [1.807, 2.05) is 0 Å². The summed E-state index contributed by atoms with van der Waals surface area (Å²) < 4.78 is 39.7. The van der Waals surface area contributed by atoms with Crippen LogP contribution in [0, 0.1) is 0 Å². The third-order valence-electron chi connectivity index (χ3n) is 0.430. The molecule has 0 spiro atoms. The van der Waals surface area contributed by atoms with Gasteiger partial charge in [-0.05, 0) is 3.82 Å². The van der Waals surface area contributed by atoms with Crippen molar-refractivity contribution in [2.75, 3.05) is 0 Å². The zero-order valence-electron chi connectivity index (χ0n) is 4.23. The molecule has 0 saturated heterocycles. The highest BCUT2D eigenvalue weighted by molar-refractivity contribution is 8.24. The summed E-state index contributed by atoms with van der Waals surface area (Å²) >= 11 is 0. The summed E-state index contributed by atoms with van der Waals surface area (Å²) in [7, 11) is -0.0386. The Morgan fingerprint density at radius 3 is 1.20 bits per heavy atom. The van der Waals surface area contributed by atoms with Crippen LogP contribution in [0.1, 0.15) is 0 Å². The summed E-state index contributed by atoms with van der Waals surface area (Å²) in [5.74, 6) is 4.42. The zero-order valence-corrected chi connectivity index (χ0v) is 7.37. The van der Waals surface area contributed by atoms with E-state index in [1.165, 1.54) is 0 Å². The lowest BCUT2D eigenvalue weighted by molar-refractivity contribution is 0.527. The second-order valence-electron chi connectivity index (χ2n) is 1.11. The van der Waals surface area contributed by atoms with Crippen molar-refractivity contribution in [2.45, 2.75) is 0 Å². The van der Waals surface area contributed by atoms with Gasteiger partial charge in [-0.2, -0.15) is 16.8 Å². The third-order valence-corrected chi connectivity index (χ3v) is 3.85. The lowest BCUT2D eigenvalue weighted by atomic mass is 13.0. The lowest BCUT2D eigenvalue weighted by Gasteiger charge is -2.04. The van der Waals surface area contributed by atoms with Crippen molar-refractivity contribution in [1.29, 1.82) is 0 Å². The second-order valence-corrected chi connectivity index (χ2v) is 6.12. The van der Waals surface area contributed by atoms with Gasteiger partial charge in [-0.3, -0.25) is 0 Å². The van der Waals surface area contributed by atoms with Crippen molar-refractivity contribution in [3.05, 3.63) is 0 Å². The number of halogens is 2. The molecule has 0 rings (SSSR count). The monoisotopic (exact) mass is 228 g/mol. The van der Waals surface area contributed by atoms with Crippen LogP contribution in [0.25, 0.3) is 0 Å². The molecule has 0 aliphatic rings. The average Bonchev–Trinajstić information content (AvgIpc) is 1.59. The molecule has 0 aromatic heterocycles. The fraction of sp³-hybridized carbons (Fsp3) is 0. The molecule has 0 aromatic carbocycles. The van der Waals surface area contributed by atoms with Gasteiger partial charge in [-0.25, -0.2) is 5.84 Å². The van der Waals surface area contributed by atoms with Crippen molar-refractivity contribution in [2.24, 2.45) is 5.84 Å². The Morgan fingerprint density at radius 2 is 1.20 bits per heavy atom. The molecule has 0 saturated carbocycles. The first kappa shape index (κ1) is 10.4. The maximum Gasteiger partial charge on any atom is 0.327 e. The predicted octanol–water partition coefficient (Wildman–Crippen LogP) is -0.871. The number of hydrogen-bond acceptors (Lipinski definition) is 5. The molecule has 0 aliphatic carbocycles. The molecule has 0 amide bonds. The van der Waals surface area contributed by atoms with Crippen LogP contribution in [0.2, 0.25) is 0 Å². The number of rotatable bonds is 2. The van der Waals surface area contributed by atoms with E-state index < -0.39 is 22.3 Å². The summed E-state index contributed by atoms with van der Waals surface area (Å²) in [5.41, 5.74) is 0. The minimum absolute atomic E-state index is 0.650. The van der Waals surface area contributed by atoms with E-state index in [4.69, 9.17) is 0 Å². The third kappa shape index (κ3) is 2.99. The van der Waals surface area contributed by atoms with E-state index in [0.717, 1.165) is 0 Å². The van der Waals surface area contributed by atoms with Gasteiger partial charge in [0.05, 0.1) is 0 Å². The molecule has 10 heteroatoms. The molecule has 0 fully saturated rings. The van der Waals surface area contributed by atoms with Gasteiger partial charge in [0.15, 0.2) is 0 Å². The molecule has 2 N–H and O–H groups in total.